The van der Waals surface area contributed by atoms with Gasteiger partial charge >= 0.3 is 0 Å². The largest absolute Gasteiger partial charge is 0.352 e. The molecule has 0 spiro atoms. The van der Waals surface area contributed by atoms with Gasteiger partial charge in [-0.15, -0.1) is 0 Å². The molecule has 1 aromatic carbocycles. The first kappa shape index (κ1) is 9.69. The molecule has 1 aromatic rings. The highest BCUT2D eigenvalue weighted by molar-refractivity contribution is 5.24. The van der Waals surface area contributed by atoms with Crippen molar-refractivity contribution in [2.24, 2.45) is 0 Å². The van der Waals surface area contributed by atoms with E-state index in [0.29, 0.717) is 0 Å². The molecule has 1 aliphatic heterocycles. The number of hydrogen-bond donors (Lipinski definition) is 1. The minimum Gasteiger partial charge on any atom is -0.352 e. The summed E-state index contributed by atoms with van der Waals surface area (Å²) in [6.07, 6.45) is 0.0601. The van der Waals surface area contributed by atoms with Crippen molar-refractivity contribution in [2.45, 2.75) is 32.6 Å². The topological polar surface area (TPSA) is 21.3 Å². The highest BCUT2D eigenvalue weighted by Crippen LogP contribution is 2.27. The number of aryl methyl sites for hydroxylation is 1. The van der Waals surface area contributed by atoms with E-state index in [9.17, 15) is 0 Å². The molecule has 0 radical (unpaired) electrons. The highest BCUT2D eigenvalue weighted by atomic mass is 16.5. The third-order valence-corrected chi connectivity index (χ3v) is 2.49. The Morgan fingerprint density at radius 3 is 2.79 bits per heavy atom. The Hall–Kier alpha value is -0.860. The van der Waals surface area contributed by atoms with Crippen LogP contribution in [0, 0.1) is 6.92 Å². The molecule has 1 fully saturated rings. The minimum atomic E-state index is -0.0472. The van der Waals surface area contributed by atoms with Gasteiger partial charge in [-0.2, -0.15) is 0 Å². The lowest BCUT2D eigenvalue weighted by atomic mass is 10.1. The van der Waals surface area contributed by atoms with Crippen molar-refractivity contribution in [3.05, 3.63) is 35.4 Å². The van der Waals surface area contributed by atoms with Crippen molar-refractivity contribution in [2.75, 3.05) is 6.54 Å². The summed E-state index contributed by atoms with van der Waals surface area (Å²) in [5.41, 5.74) is 2.45. The third-order valence-electron chi connectivity index (χ3n) is 2.49. The van der Waals surface area contributed by atoms with Gasteiger partial charge < -0.3 is 4.74 Å². The number of hydrogen-bond acceptors (Lipinski definition) is 2. The fourth-order valence-corrected chi connectivity index (χ4v) is 1.76. The SMILES string of the molecule is Cc1cccc(C2NCC(C)(C)O2)c1. The number of ether oxygens (including phenoxy) is 1. The molecule has 0 aromatic heterocycles. The number of nitrogens with one attached hydrogen (secondary N) is 1. The molecule has 1 heterocycles. The predicted octanol–water partition coefficient (Wildman–Crippen LogP) is 2.39. The van der Waals surface area contributed by atoms with Crippen molar-refractivity contribution in [3.63, 3.8) is 0 Å². The van der Waals surface area contributed by atoms with Crippen molar-refractivity contribution >= 4 is 0 Å². The molecule has 14 heavy (non-hydrogen) atoms. The van der Waals surface area contributed by atoms with Crippen LogP contribution >= 0.6 is 0 Å². The van der Waals surface area contributed by atoms with Crippen molar-refractivity contribution in [3.8, 4) is 0 Å². The Morgan fingerprint density at radius 1 is 1.43 bits per heavy atom. The van der Waals surface area contributed by atoms with E-state index < -0.39 is 0 Å². The van der Waals surface area contributed by atoms with Crippen molar-refractivity contribution < 1.29 is 4.74 Å². The summed E-state index contributed by atoms with van der Waals surface area (Å²) in [7, 11) is 0. The summed E-state index contributed by atoms with van der Waals surface area (Å²) < 4.78 is 5.88. The van der Waals surface area contributed by atoms with Crippen LogP contribution in [0.15, 0.2) is 24.3 Å². The lowest BCUT2D eigenvalue weighted by molar-refractivity contribution is -0.0156. The van der Waals surface area contributed by atoms with Gasteiger partial charge in [0.2, 0.25) is 0 Å². The van der Waals surface area contributed by atoms with E-state index in [1.807, 2.05) is 0 Å². The molecule has 1 aliphatic rings. The Morgan fingerprint density at radius 2 is 2.21 bits per heavy atom. The van der Waals surface area contributed by atoms with Crippen LogP contribution in [0.4, 0.5) is 0 Å². The van der Waals surface area contributed by atoms with E-state index in [1.54, 1.807) is 0 Å². The predicted molar refractivity (Wildman–Crippen MR) is 57.1 cm³/mol. The smallest absolute Gasteiger partial charge is 0.135 e. The first-order valence-electron chi connectivity index (χ1n) is 5.05. The zero-order valence-electron chi connectivity index (χ0n) is 9.00. The van der Waals surface area contributed by atoms with Crippen LogP contribution < -0.4 is 5.32 Å². The van der Waals surface area contributed by atoms with Gasteiger partial charge in [0.1, 0.15) is 6.23 Å². The van der Waals surface area contributed by atoms with E-state index in [0.717, 1.165) is 6.54 Å². The van der Waals surface area contributed by atoms with E-state index in [2.05, 4.69) is 50.4 Å². The molecule has 0 aliphatic carbocycles. The first-order chi connectivity index (χ1) is 6.57. The lowest BCUT2D eigenvalue weighted by Gasteiger charge is -2.17. The van der Waals surface area contributed by atoms with Crippen LogP contribution in [0.2, 0.25) is 0 Å². The Bertz CT molecular complexity index is 333. The van der Waals surface area contributed by atoms with Crippen LogP contribution in [-0.2, 0) is 4.74 Å². The normalized spacial score (nSPS) is 25.2. The van der Waals surface area contributed by atoms with Gasteiger partial charge in [0.25, 0.3) is 0 Å². The molecule has 0 amide bonds. The maximum Gasteiger partial charge on any atom is 0.135 e. The maximum atomic E-state index is 5.88. The van der Waals surface area contributed by atoms with E-state index >= 15 is 0 Å². The third kappa shape index (κ3) is 1.97. The summed E-state index contributed by atoms with van der Waals surface area (Å²) in [5, 5.41) is 3.37. The molecule has 0 saturated carbocycles. The summed E-state index contributed by atoms with van der Waals surface area (Å²) >= 11 is 0. The van der Waals surface area contributed by atoms with E-state index in [1.165, 1.54) is 11.1 Å². The second-order valence-electron chi connectivity index (χ2n) is 4.55. The van der Waals surface area contributed by atoms with Crippen LogP contribution in [-0.4, -0.2) is 12.1 Å². The van der Waals surface area contributed by atoms with E-state index in [4.69, 9.17) is 4.74 Å². The fourth-order valence-electron chi connectivity index (χ4n) is 1.76. The molecular formula is C12H17NO. The molecule has 2 heteroatoms. The Labute approximate surface area is 85.3 Å². The average molecular weight is 191 g/mol. The van der Waals surface area contributed by atoms with Crippen molar-refractivity contribution in [1.82, 2.24) is 5.32 Å². The summed E-state index contributed by atoms with van der Waals surface area (Å²) in [6.45, 7) is 7.22. The van der Waals surface area contributed by atoms with Gasteiger partial charge in [0, 0.05) is 6.54 Å². The molecule has 1 unspecified atom stereocenters. The Kier molecular flexibility index (Phi) is 2.33. The summed E-state index contributed by atoms with van der Waals surface area (Å²) in [5.74, 6) is 0. The standard InChI is InChI=1S/C12H17NO/c1-9-5-4-6-10(7-9)11-13-8-12(2,3)14-11/h4-7,11,13H,8H2,1-3H3. The van der Waals surface area contributed by atoms with Crippen LogP contribution in [0.1, 0.15) is 31.2 Å². The highest BCUT2D eigenvalue weighted by Gasteiger charge is 2.31. The van der Waals surface area contributed by atoms with Crippen molar-refractivity contribution in [1.29, 1.82) is 0 Å². The first-order valence-corrected chi connectivity index (χ1v) is 5.05. The van der Waals surface area contributed by atoms with Crippen LogP contribution in [0.25, 0.3) is 0 Å². The molecule has 76 valence electrons. The second-order valence-corrected chi connectivity index (χ2v) is 4.55. The van der Waals surface area contributed by atoms with Gasteiger partial charge in [0.15, 0.2) is 0 Å². The minimum absolute atomic E-state index is 0.0472. The summed E-state index contributed by atoms with van der Waals surface area (Å²) in [4.78, 5) is 0. The molecule has 1 atom stereocenters. The van der Waals surface area contributed by atoms with Gasteiger partial charge in [-0.3, -0.25) is 5.32 Å². The molecule has 1 N–H and O–H groups in total. The summed E-state index contributed by atoms with van der Waals surface area (Å²) in [6, 6.07) is 8.44. The Balaban J connectivity index is 2.17. The van der Waals surface area contributed by atoms with Crippen LogP contribution in [0.3, 0.4) is 0 Å². The molecule has 2 nitrogen and oxygen atoms in total. The maximum absolute atomic E-state index is 5.88. The molecular weight excluding hydrogens is 174 g/mol. The van der Waals surface area contributed by atoms with Gasteiger partial charge in [-0.1, -0.05) is 29.8 Å². The fraction of sp³-hybridized carbons (Fsp3) is 0.500. The lowest BCUT2D eigenvalue weighted by Crippen LogP contribution is -2.23. The zero-order valence-corrected chi connectivity index (χ0v) is 9.00. The quantitative estimate of drug-likeness (QED) is 0.736. The monoisotopic (exact) mass is 191 g/mol. The second kappa shape index (κ2) is 3.37. The average Bonchev–Trinajstić information content (AvgIpc) is 2.46. The molecule has 0 bridgehead atoms. The molecule has 2 rings (SSSR count). The molecule has 1 saturated heterocycles. The van der Waals surface area contributed by atoms with Crippen LogP contribution in [0.5, 0.6) is 0 Å². The van der Waals surface area contributed by atoms with E-state index in [-0.39, 0.29) is 11.8 Å². The zero-order chi connectivity index (χ0) is 10.2. The number of rotatable bonds is 1. The van der Waals surface area contributed by atoms with Gasteiger partial charge in [-0.05, 0) is 26.3 Å². The van der Waals surface area contributed by atoms with Gasteiger partial charge in [0.05, 0.1) is 5.60 Å². The van der Waals surface area contributed by atoms with Gasteiger partial charge in [-0.25, -0.2) is 0 Å². The number of benzene rings is 1.